The van der Waals surface area contributed by atoms with Crippen LogP contribution >= 0.6 is 0 Å². The van der Waals surface area contributed by atoms with E-state index < -0.39 is 23.9 Å². The van der Waals surface area contributed by atoms with Gasteiger partial charge in [0.25, 0.3) is 0 Å². The molecule has 7 heteroatoms. The van der Waals surface area contributed by atoms with Crippen molar-refractivity contribution in [1.82, 2.24) is 0 Å². The Morgan fingerprint density at radius 2 is 2.17 bits per heavy atom. The zero-order valence-corrected chi connectivity index (χ0v) is 9.15. The van der Waals surface area contributed by atoms with Gasteiger partial charge in [-0.2, -0.15) is 14.0 Å². The van der Waals surface area contributed by atoms with E-state index in [1.54, 1.807) is 6.07 Å². The molecule has 0 bridgehead atoms. The molecule has 0 aliphatic rings. The average molecular weight is 255 g/mol. The molecule has 1 rings (SSSR count). The molecule has 0 aliphatic heterocycles. The van der Waals surface area contributed by atoms with Crippen molar-refractivity contribution in [1.29, 1.82) is 5.26 Å². The molecule has 1 aromatic carbocycles. The largest absolute Gasteiger partial charge is 0.465 e. The quantitative estimate of drug-likeness (QED) is 0.605. The summed E-state index contributed by atoms with van der Waals surface area (Å²) in [4.78, 5) is 22.0. The van der Waals surface area contributed by atoms with Gasteiger partial charge >= 0.3 is 12.6 Å². The maximum Gasteiger partial charge on any atom is 0.387 e. The zero-order chi connectivity index (χ0) is 13.7. The summed E-state index contributed by atoms with van der Waals surface area (Å²) >= 11 is 0. The molecule has 0 fully saturated rings. The molecule has 0 N–H and O–H groups in total. The second-order valence-electron chi connectivity index (χ2n) is 3.04. The van der Waals surface area contributed by atoms with Crippen molar-refractivity contribution in [3.8, 4) is 11.8 Å². The van der Waals surface area contributed by atoms with E-state index in [2.05, 4.69) is 9.47 Å². The maximum atomic E-state index is 12.2. The molecule has 0 heterocycles. The van der Waals surface area contributed by atoms with E-state index in [1.807, 2.05) is 0 Å². The highest BCUT2D eigenvalue weighted by Gasteiger charge is 2.20. The number of methoxy groups -OCH3 is 1. The first-order chi connectivity index (χ1) is 8.53. The SMILES string of the molecule is COC(=O)c1cc(C=O)cc(OC(F)F)c1C#N. The minimum atomic E-state index is -3.18. The third-order valence-corrected chi connectivity index (χ3v) is 1.99. The minimum Gasteiger partial charge on any atom is -0.465 e. The topological polar surface area (TPSA) is 76.4 Å². The van der Waals surface area contributed by atoms with E-state index in [0.29, 0.717) is 6.29 Å². The molecule has 0 amide bonds. The van der Waals surface area contributed by atoms with Crippen LogP contribution in [0.5, 0.6) is 5.75 Å². The van der Waals surface area contributed by atoms with Gasteiger partial charge < -0.3 is 9.47 Å². The maximum absolute atomic E-state index is 12.2. The van der Waals surface area contributed by atoms with Crippen LogP contribution in [0, 0.1) is 11.3 Å². The number of halogens is 2. The smallest absolute Gasteiger partial charge is 0.387 e. The van der Waals surface area contributed by atoms with Crippen LogP contribution in [0.15, 0.2) is 12.1 Å². The standard InChI is InChI=1S/C11H7F2NO4/c1-17-10(16)7-2-6(5-15)3-9(8(7)4-14)18-11(12)13/h2-3,5,11H,1H3. The number of carbonyl (C=O) groups is 2. The Hall–Kier alpha value is -2.49. The summed E-state index contributed by atoms with van der Waals surface area (Å²) in [6.07, 6.45) is 0.339. The van der Waals surface area contributed by atoms with Crippen molar-refractivity contribution in [3.63, 3.8) is 0 Å². The second kappa shape index (κ2) is 5.72. The van der Waals surface area contributed by atoms with Gasteiger partial charge in [-0.3, -0.25) is 4.79 Å². The summed E-state index contributed by atoms with van der Waals surface area (Å²) in [7, 11) is 1.06. The van der Waals surface area contributed by atoms with Gasteiger partial charge in [0, 0.05) is 5.56 Å². The van der Waals surface area contributed by atoms with Crippen LogP contribution in [-0.2, 0) is 4.74 Å². The first kappa shape index (κ1) is 13.6. The highest BCUT2D eigenvalue weighted by Crippen LogP contribution is 2.26. The Kier molecular flexibility index (Phi) is 4.32. The van der Waals surface area contributed by atoms with Gasteiger partial charge in [-0.1, -0.05) is 0 Å². The average Bonchev–Trinajstić information content (AvgIpc) is 2.36. The van der Waals surface area contributed by atoms with Gasteiger partial charge in [0.15, 0.2) is 0 Å². The molecule has 94 valence electrons. The molecule has 18 heavy (non-hydrogen) atoms. The number of nitrogens with zero attached hydrogens (tertiary/aromatic N) is 1. The molecular formula is C11H7F2NO4. The number of ether oxygens (including phenoxy) is 2. The van der Waals surface area contributed by atoms with Crippen molar-refractivity contribution in [2.24, 2.45) is 0 Å². The lowest BCUT2D eigenvalue weighted by atomic mass is 10.0. The van der Waals surface area contributed by atoms with Crippen LogP contribution < -0.4 is 4.74 Å². The summed E-state index contributed by atoms with van der Waals surface area (Å²) in [6, 6.07) is 3.57. The molecular weight excluding hydrogens is 248 g/mol. The molecule has 0 aromatic heterocycles. The van der Waals surface area contributed by atoms with Crippen molar-refractivity contribution in [2.75, 3.05) is 7.11 Å². The number of esters is 1. The molecule has 0 radical (unpaired) electrons. The van der Waals surface area contributed by atoms with E-state index in [1.165, 1.54) is 0 Å². The first-order valence-corrected chi connectivity index (χ1v) is 4.60. The fourth-order valence-electron chi connectivity index (χ4n) is 1.28. The van der Waals surface area contributed by atoms with Crippen molar-refractivity contribution in [2.45, 2.75) is 6.61 Å². The molecule has 0 atom stereocenters. The summed E-state index contributed by atoms with van der Waals surface area (Å²) < 4.78 is 32.8. The third kappa shape index (κ3) is 2.79. The predicted molar refractivity (Wildman–Crippen MR) is 54.5 cm³/mol. The lowest BCUT2D eigenvalue weighted by molar-refractivity contribution is -0.0501. The first-order valence-electron chi connectivity index (χ1n) is 4.60. The van der Waals surface area contributed by atoms with Crippen molar-refractivity contribution in [3.05, 3.63) is 28.8 Å². The van der Waals surface area contributed by atoms with Crippen LogP contribution in [-0.4, -0.2) is 26.0 Å². The van der Waals surface area contributed by atoms with Gasteiger partial charge in [0.05, 0.1) is 12.7 Å². The number of hydrogen-bond acceptors (Lipinski definition) is 5. The molecule has 1 aromatic rings. The van der Waals surface area contributed by atoms with Crippen LogP contribution in [0.4, 0.5) is 8.78 Å². The summed E-state index contributed by atoms with van der Waals surface area (Å²) in [6.45, 7) is -3.18. The highest BCUT2D eigenvalue weighted by molar-refractivity contribution is 5.95. The molecule has 5 nitrogen and oxygen atoms in total. The number of hydrogen-bond donors (Lipinski definition) is 0. The van der Waals surface area contributed by atoms with Gasteiger partial charge in [-0.15, -0.1) is 0 Å². The Labute approximate surface area is 101 Å². The second-order valence-corrected chi connectivity index (χ2v) is 3.04. The van der Waals surface area contributed by atoms with Gasteiger partial charge in [-0.05, 0) is 12.1 Å². The lowest BCUT2D eigenvalue weighted by Crippen LogP contribution is -2.10. The predicted octanol–water partition coefficient (Wildman–Crippen LogP) is 1.76. The van der Waals surface area contributed by atoms with Gasteiger partial charge in [-0.25, -0.2) is 4.79 Å². The number of benzene rings is 1. The molecule has 0 saturated carbocycles. The monoisotopic (exact) mass is 255 g/mol. The molecule has 0 aliphatic carbocycles. The van der Waals surface area contributed by atoms with Gasteiger partial charge in [0.2, 0.25) is 0 Å². The van der Waals surface area contributed by atoms with E-state index in [0.717, 1.165) is 19.2 Å². The van der Waals surface area contributed by atoms with E-state index >= 15 is 0 Å². The lowest BCUT2D eigenvalue weighted by Gasteiger charge is -2.10. The van der Waals surface area contributed by atoms with E-state index in [4.69, 9.17) is 5.26 Å². The van der Waals surface area contributed by atoms with Crippen molar-refractivity contribution >= 4 is 12.3 Å². The Morgan fingerprint density at radius 3 is 2.61 bits per heavy atom. The Morgan fingerprint density at radius 1 is 1.50 bits per heavy atom. The summed E-state index contributed by atoms with van der Waals surface area (Å²) in [5.41, 5.74) is -0.793. The number of nitriles is 1. The fraction of sp³-hybridized carbons (Fsp3) is 0.182. The molecule has 0 saturated heterocycles. The third-order valence-electron chi connectivity index (χ3n) is 1.99. The normalized spacial score (nSPS) is 9.72. The van der Waals surface area contributed by atoms with Crippen LogP contribution in [0.25, 0.3) is 0 Å². The number of rotatable bonds is 4. The number of aldehydes is 1. The summed E-state index contributed by atoms with van der Waals surface area (Å²) in [5.74, 6) is -1.47. The fourth-order valence-corrected chi connectivity index (χ4v) is 1.28. The van der Waals surface area contributed by atoms with Gasteiger partial charge in [0.1, 0.15) is 23.7 Å². The molecule has 0 spiro atoms. The van der Waals surface area contributed by atoms with E-state index in [-0.39, 0.29) is 11.1 Å². The zero-order valence-electron chi connectivity index (χ0n) is 9.15. The van der Waals surface area contributed by atoms with Crippen LogP contribution in [0.2, 0.25) is 0 Å². The van der Waals surface area contributed by atoms with Crippen LogP contribution in [0.3, 0.4) is 0 Å². The van der Waals surface area contributed by atoms with Crippen LogP contribution in [0.1, 0.15) is 26.3 Å². The molecule has 0 unspecified atom stereocenters. The minimum absolute atomic E-state index is 0.0787. The number of alkyl halides is 2. The highest BCUT2D eigenvalue weighted by atomic mass is 19.3. The van der Waals surface area contributed by atoms with Crippen molar-refractivity contribution < 1.29 is 27.8 Å². The summed E-state index contributed by atoms with van der Waals surface area (Å²) in [5, 5.41) is 8.85. The Balaban J connectivity index is 3.45. The van der Waals surface area contributed by atoms with E-state index in [9.17, 15) is 18.4 Å². The Bertz CT molecular complexity index is 523. The number of carbonyl (C=O) groups excluding carboxylic acids is 2.